The molecule has 2 fully saturated rings. The molecule has 4 atom stereocenters. The molecule has 1 amide bonds. The molecule has 5 rings (SSSR count). The van der Waals surface area contributed by atoms with Crippen molar-refractivity contribution in [1.82, 2.24) is 19.8 Å². The van der Waals surface area contributed by atoms with Crippen molar-refractivity contribution in [2.45, 2.75) is 76.7 Å². The number of likely N-dealkylation sites (N-methyl/N-ethyl adjacent to an activating group) is 1. The Morgan fingerprint density at radius 1 is 1.24 bits per heavy atom. The Morgan fingerprint density at radius 3 is 2.80 bits per heavy atom. The quantitative estimate of drug-likeness (QED) is 0.428. The topological polar surface area (TPSA) is 94.8 Å². The second kappa shape index (κ2) is 13.0. The second-order valence-corrected chi connectivity index (χ2v) is 11.4. The van der Waals surface area contributed by atoms with Crippen molar-refractivity contribution in [1.29, 1.82) is 5.26 Å². The summed E-state index contributed by atoms with van der Waals surface area (Å²) in [7, 11) is 2.14. The third-order valence-corrected chi connectivity index (χ3v) is 8.81. The molecule has 9 nitrogen and oxygen atoms in total. The molecule has 0 radical (unpaired) electrons. The standard InChI is InChI=1S/C32H42N6O3/c1-5-27-29(19-26-18-23-10-7-8-12-28(23)22(3)41-26)34-32(40-21-25-11-9-15-36(25)4)35-31(27)37-16-17-38(30(39)6-2)24(20-37)13-14-33/h6-8,10,12,22,24-26H,2,5,9,11,13,15-21H2,1,3-4H3/t22?,24?,25?,26-/m1/s1. The molecule has 1 aromatic carbocycles. The normalized spacial score (nSPS) is 24.5. The van der Waals surface area contributed by atoms with Gasteiger partial charge in [0, 0.05) is 37.7 Å². The number of piperazine rings is 1. The number of hydrogen-bond donors (Lipinski definition) is 0. The van der Waals surface area contributed by atoms with E-state index in [0.717, 1.165) is 42.9 Å². The predicted octanol–water partition coefficient (Wildman–Crippen LogP) is 3.87. The number of aromatic nitrogens is 2. The largest absolute Gasteiger partial charge is 0.462 e. The lowest BCUT2D eigenvalue weighted by Gasteiger charge is -2.41. The van der Waals surface area contributed by atoms with Crippen LogP contribution in [0.5, 0.6) is 6.01 Å². The van der Waals surface area contributed by atoms with Gasteiger partial charge in [-0.15, -0.1) is 0 Å². The number of likely N-dealkylation sites (tertiary alicyclic amines) is 1. The minimum Gasteiger partial charge on any atom is -0.462 e. The zero-order valence-electron chi connectivity index (χ0n) is 24.6. The van der Waals surface area contributed by atoms with Gasteiger partial charge in [0.25, 0.3) is 0 Å². The predicted molar refractivity (Wildman–Crippen MR) is 158 cm³/mol. The Morgan fingerprint density at radius 2 is 2.07 bits per heavy atom. The maximum Gasteiger partial charge on any atom is 0.318 e. The van der Waals surface area contributed by atoms with Gasteiger partial charge >= 0.3 is 6.01 Å². The Hall–Kier alpha value is -3.48. The zero-order chi connectivity index (χ0) is 28.9. The van der Waals surface area contributed by atoms with Gasteiger partial charge in [0.1, 0.15) is 12.4 Å². The molecule has 4 heterocycles. The highest BCUT2D eigenvalue weighted by Gasteiger charge is 2.33. The monoisotopic (exact) mass is 558 g/mol. The highest BCUT2D eigenvalue weighted by molar-refractivity contribution is 5.87. The van der Waals surface area contributed by atoms with E-state index in [9.17, 15) is 10.1 Å². The van der Waals surface area contributed by atoms with Crippen LogP contribution in [0, 0.1) is 11.3 Å². The van der Waals surface area contributed by atoms with Crippen molar-refractivity contribution in [2.75, 3.05) is 44.7 Å². The molecule has 3 aliphatic heterocycles. The summed E-state index contributed by atoms with van der Waals surface area (Å²) in [6.45, 7) is 11.1. The number of rotatable bonds is 9. The highest BCUT2D eigenvalue weighted by atomic mass is 16.5. The van der Waals surface area contributed by atoms with Gasteiger partial charge in [-0.1, -0.05) is 37.8 Å². The summed E-state index contributed by atoms with van der Waals surface area (Å²) in [6.07, 6.45) is 6.11. The van der Waals surface area contributed by atoms with E-state index < -0.39 is 0 Å². The smallest absolute Gasteiger partial charge is 0.318 e. The van der Waals surface area contributed by atoms with Crippen LogP contribution in [0.2, 0.25) is 0 Å². The molecule has 0 aliphatic carbocycles. The SMILES string of the molecule is C=CC(=O)N1CCN(c2nc(OCC3CCCN3C)nc(C[C@H]3Cc4ccccc4C(C)O3)c2CC)CC1CC#N. The van der Waals surface area contributed by atoms with Crippen molar-refractivity contribution in [2.24, 2.45) is 0 Å². The summed E-state index contributed by atoms with van der Waals surface area (Å²) in [5, 5.41) is 9.51. The van der Waals surface area contributed by atoms with Crippen LogP contribution in [0.3, 0.4) is 0 Å². The van der Waals surface area contributed by atoms with Gasteiger partial charge < -0.3 is 24.2 Å². The van der Waals surface area contributed by atoms with Gasteiger partial charge in [-0.25, -0.2) is 0 Å². The van der Waals surface area contributed by atoms with Crippen LogP contribution in [-0.2, 0) is 28.8 Å². The van der Waals surface area contributed by atoms with Crippen molar-refractivity contribution in [3.05, 3.63) is 59.3 Å². The second-order valence-electron chi connectivity index (χ2n) is 11.4. The van der Waals surface area contributed by atoms with E-state index in [0.29, 0.717) is 44.7 Å². The number of anilines is 1. The summed E-state index contributed by atoms with van der Waals surface area (Å²) >= 11 is 0. The minimum absolute atomic E-state index is 0.00448. The fraction of sp³-hybridized carbons (Fsp3) is 0.562. The molecule has 41 heavy (non-hydrogen) atoms. The number of carbonyl (C=O) groups is 1. The molecule has 2 aromatic rings. The van der Waals surface area contributed by atoms with Crippen LogP contribution < -0.4 is 9.64 Å². The number of amides is 1. The first kappa shape index (κ1) is 29.0. The van der Waals surface area contributed by atoms with E-state index in [1.54, 1.807) is 4.90 Å². The molecule has 0 spiro atoms. The molecule has 9 heteroatoms. The number of benzene rings is 1. The molecule has 1 aromatic heterocycles. The molecule has 3 aliphatic rings. The lowest BCUT2D eigenvalue weighted by atomic mass is 9.92. The fourth-order valence-corrected chi connectivity index (χ4v) is 6.56. The summed E-state index contributed by atoms with van der Waals surface area (Å²) in [4.78, 5) is 28.8. The zero-order valence-corrected chi connectivity index (χ0v) is 24.6. The van der Waals surface area contributed by atoms with Gasteiger partial charge in [0.2, 0.25) is 5.91 Å². The van der Waals surface area contributed by atoms with Gasteiger partial charge in [0.15, 0.2) is 0 Å². The van der Waals surface area contributed by atoms with Gasteiger partial charge in [-0.3, -0.25) is 4.79 Å². The summed E-state index contributed by atoms with van der Waals surface area (Å²) < 4.78 is 12.8. The van der Waals surface area contributed by atoms with Crippen LogP contribution >= 0.6 is 0 Å². The summed E-state index contributed by atoms with van der Waals surface area (Å²) in [5.74, 6) is 0.697. The first-order valence-corrected chi connectivity index (χ1v) is 14.9. The van der Waals surface area contributed by atoms with Crippen LogP contribution in [0.15, 0.2) is 36.9 Å². The first-order valence-electron chi connectivity index (χ1n) is 14.9. The van der Waals surface area contributed by atoms with E-state index >= 15 is 0 Å². The number of nitriles is 1. The molecule has 3 unspecified atom stereocenters. The Kier molecular flexibility index (Phi) is 9.21. The van der Waals surface area contributed by atoms with E-state index in [4.69, 9.17) is 19.4 Å². The van der Waals surface area contributed by atoms with Crippen molar-refractivity contribution < 1.29 is 14.3 Å². The van der Waals surface area contributed by atoms with E-state index in [2.05, 4.69) is 67.6 Å². The molecule has 218 valence electrons. The first-order chi connectivity index (χ1) is 19.9. The van der Waals surface area contributed by atoms with Crippen molar-refractivity contribution >= 4 is 11.7 Å². The highest BCUT2D eigenvalue weighted by Crippen LogP contribution is 2.33. The number of nitrogens with zero attached hydrogens (tertiary/aromatic N) is 6. The molecule has 2 saturated heterocycles. The molecule has 0 N–H and O–H groups in total. The summed E-state index contributed by atoms with van der Waals surface area (Å²) in [6, 6.07) is 11.3. The van der Waals surface area contributed by atoms with Crippen LogP contribution in [0.25, 0.3) is 0 Å². The van der Waals surface area contributed by atoms with Crippen molar-refractivity contribution in [3.63, 3.8) is 0 Å². The Balaban J connectivity index is 1.45. The fourth-order valence-electron chi connectivity index (χ4n) is 6.56. The maximum absolute atomic E-state index is 12.5. The van der Waals surface area contributed by atoms with Gasteiger partial charge in [-0.2, -0.15) is 15.2 Å². The molecule has 0 saturated carbocycles. The third-order valence-electron chi connectivity index (χ3n) is 8.81. The number of hydrogen-bond acceptors (Lipinski definition) is 8. The Labute approximate surface area is 243 Å². The van der Waals surface area contributed by atoms with E-state index in [1.165, 1.54) is 23.6 Å². The average Bonchev–Trinajstić information content (AvgIpc) is 3.40. The Bertz CT molecular complexity index is 1290. The molecule has 0 bridgehead atoms. The van der Waals surface area contributed by atoms with Crippen LogP contribution in [-0.4, -0.2) is 83.7 Å². The van der Waals surface area contributed by atoms with E-state index in [1.807, 2.05) is 0 Å². The maximum atomic E-state index is 12.5. The van der Waals surface area contributed by atoms with E-state index in [-0.39, 0.29) is 30.6 Å². The van der Waals surface area contributed by atoms with Gasteiger partial charge in [0.05, 0.1) is 36.4 Å². The van der Waals surface area contributed by atoms with Crippen LogP contribution in [0.4, 0.5) is 5.82 Å². The van der Waals surface area contributed by atoms with Crippen molar-refractivity contribution in [3.8, 4) is 12.1 Å². The third kappa shape index (κ3) is 6.39. The average molecular weight is 559 g/mol. The minimum atomic E-state index is -0.238. The van der Waals surface area contributed by atoms with Crippen LogP contribution in [0.1, 0.15) is 61.6 Å². The van der Waals surface area contributed by atoms with Gasteiger partial charge in [-0.05, 0) is 63.4 Å². The lowest BCUT2D eigenvalue weighted by Crippen LogP contribution is -2.55. The molecular weight excluding hydrogens is 516 g/mol. The lowest BCUT2D eigenvalue weighted by molar-refractivity contribution is -0.128. The number of carbonyl (C=O) groups excluding carboxylic acids is 1. The number of ether oxygens (including phenoxy) is 2. The number of fused-ring (bicyclic) bond motifs is 1. The summed E-state index contributed by atoms with van der Waals surface area (Å²) in [5.41, 5.74) is 4.60. The molecular formula is C32H42N6O3.